The summed E-state index contributed by atoms with van der Waals surface area (Å²) in [5.41, 5.74) is 1.74. The summed E-state index contributed by atoms with van der Waals surface area (Å²) in [6, 6.07) is 18.5. The Hall–Kier alpha value is -0.781. The summed E-state index contributed by atoms with van der Waals surface area (Å²) in [5.74, 6) is 0. The minimum Gasteiger partial charge on any atom is -0.748 e. The first-order valence-corrected chi connectivity index (χ1v) is 4.99. The average molecular weight is 242 g/mol. The average Bonchev–Trinajstić information content (AvgIpc) is 2.80. The fourth-order valence-corrected chi connectivity index (χ4v) is 1.19. The Morgan fingerprint density at radius 1 is 0.800 bits per heavy atom. The first-order chi connectivity index (χ1) is 6.61. The Morgan fingerprint density at radius 2 is 1.13 bits per heavy atom. The third-order valence-corrected chi connectivity index (χ3v) is 2.08. The van der Waals surface area contributed by atoms with E-state index in [1.807, 2.05) is 30.3 Å². The third kappa shape index (κ3) is 5.61. The predicted octanol–water partition coefficient (Wildman–Crippen LogP) is 4.11. The molecule has 0 aliphatic carbocycles. The van der Waals surface area contributed by atoms with E-state index in [2.05, 4.69) is 45.0 Å². The van der Waals surface area contributed by atoms with Crippen LogP contribution in [0.25, 0.3) is 0 Å². The van der Waals surface area contributed by atoms with E-state index in [4.69, 9.17) is 0 Å². The standard InChI is InChI=1S/C9H13.C5H5.Fe/c1-9(2,3)8-6-4-5-7-8;1-2-4-5-3-1;/h4-7H,1-3H3;1-5H;/q-1;-5;. The van der Waals surface area contributed by atoms with Gasteiger partial charge in [-0.2, -0.15) is 17.7 Å². The van der Waals surface area contributed by atoms with Crippen LogP contribution < -0.4 is 0 Å². The Morgan fingerprint density at radius 3 is 1.33 bits per heavy atom. The van der Waals surface area contributed by atoms with E-state index in [1.165, 1.54) is 5.56 Å². The minimum absolute atomic E-state index is 0. The second-order valence-electron chi connectivity index (χ2n) is 4.39. The maximum atomic E-state index is 2.22. The van der Waals surface area contributed by atoms with Gasteiger partial charge in [-0.25, -0.2) is 12.1 Å². The van der Waals surface area contributed by atoms with Crippen molar-refractivity contribution in [2.75, 3.05) is 0 Å². The SMILES string of the molecule is CC(C)(C)[c-]1cccc1.[Fe].[cH-]1[cH-][cH-][cH-][cH-]1. The molecule has 0 amide bonds. The van der Waals surface area contributed by atoms with Gasteiger partial charge in [0.2, 0.25) is 0 Å². The van der Waals surface area contributed by atoms with Gasteiger partial charge in [0.1, 0.15) is 0 Å². The second-order valence-corrected chi connectivity index (χ2v) is 4.39. The quantitative estimate of drug-likeness (QED) is 0.481. The van der Waals surface area contributed by atoms with Crippen molar-refractivity contribution in [2.24, 2.45) is 0 Å². The smallest absolute Gasteiger partial charge is 0 e. The Bertz CT molecular complexity index is 291. The van der Waals surface area contributed by atoms with Crippen LogP contribution in [0.2, 0.25) is 0 Å². The molecule has 0 unspecified atom stereocenters. The fourth-order valence-electron chi connectivity index (χ4n) is 1.19. The monoisotopic (exact) mass is 242 g/mol. The Labute approximate surface area is 104 Å². The van der Waals surface area contributed by atoms with Gasteiger partial charge in [-0.05, 0) is 0 Å². The van der Waals surface area contributed by atoms with Gasteiger partial charge < -0.3 is 30.3 Å². The van der Waals surface area contributed by atoms with E-state index < -0.39 is 0 Å². The summed E-state index contributed by atoms with van der Waals surface area (Å²) in [5, 5.41) is 0. The Kier molecular flexibility index (Phi) is 6.31. The van der Waals surface area contributed by atoms with E-state index >= 15 is 0 Å². The first kappa shape index (κ1) is 14.2. The minimum atomic E-state index is 0. The van der Waals surface area contributed by atoms with Crippen molar-refractivity contribution in [1.82, 2.24) is 0 Å². The van der Waals surface area contributed by atoms with Crippen LogP contribution in [-0.2, 0) is 22.5 Å². The fraction of sp³-hybridized carbons (Fsp3) is 0.286. The second kappa shape index (κ2) is 6.66. The van der Waals surface area contributed by atoms with Gasteiger partial charge in [-0.3, -0.25) is 0 Å². The molecule has 0 saturated carbocycles. The molecule has 0 aromatic heterocycles. The van der Waals surface area contributed by atoms with Crippen LogP contribution in [0.4, 0.5) is 0 Å². The summed E-state index contributed by atoms with van der Waals surface area (Å²) >= 11 is 0. The van der Waals surface area contributed by atoms with E-state index in [0.29, 0.717) is 5.41 Å². The van der Waals surface area contributed by atoms with Crippen molar-refractivity contribution in [1.29, 1.82) is 0 Å². The van der Waals surface area contributed by atoms with Crippen molar-refractivity contribution in [3.8, 4) is 0 Å². The summed E-state index contributed by atoms with van der Waals surface area (Å²) < 4.78 is 0. The van der Waals surface area contributed by atoms with Gasteiger partial charge in [0.05, 0.1) is 0 Å². The molecular formula is C14H18Fe-6. The van der Waals surface area contributed by atoms with Crippen molar-refractivity contribution in [3.05, 3.63) is 60.2 Å². The van der Waals surface area contributed by atoms with E-state index in [0.717, 1.165) is 0 Å². The molecule has 0 aliphatic heterocycles. The van der Waals surface area contributed by atoms with Gasteiger partial charge in [0.15, 0.2) is 0 Å². The van der Waals surface area contributed by atoms with Crippen LogP contribution in [0.1, 0.15) is 26.3 Å². The van der Waals surface area contributed by atoms with Crippen molar-refractivity contribution < 1.29 is 17.1 Å². The molecule has 15 heavy (non-hydrogen) atoms. The number of rotatable bonds is 0. The zero-order valence-electron chi connectivity index (χ0n) is 9.55. The number of hydrogen-bond donors (Lipinski definition) is 0. The maximum Gasteiger partial charge on any atom is 0 e. The molecule has 0 radical (unpaired) electrons. The van der Waals surface area contributed by atoms with Crippen LogP contribution in [0, 0.1) is 0 Å². The normalized spacial score (nSPS) is 9.80. The summed E-state index contributed by atoms with van der Waals surface area (Å²) in [4.78, 5) is 0. The number of hydrogen-bond acceptors (Lipinski definition) is 0. The van der Waals surface area contributed by atoms with E-state index in [1.54, 1.807) is 0 Å². The summed E-state index contributed by atoms with van der Waals surface area (Å²) in [6.45, 7) is 6.67. The van der Waals surface area contributed by atoms with Gasteiger partial charge in [0.25, 0.3) is 0 Å². The molecule has 0 bridgehead atoms. The van der Waals surface area contributed by atoms with Gasteiger partial charge in [-0.15, -0.1) is 0 Å². The van der Waals surface area contributed by atoms with E-state index in [-0.39, 0.29) is 17.1 Å². The Balaban J connectivity index is 0.000000280. The molecule has 2 aromatic rings. The molecule has 2 rings (SSSR count). The van der Waals surface area contributed by atoms with Crippen LogP contribution in [-0.4, -0.2) is 0 Å². The molecule has 2 aromatic carbocycles. The molecule has 0 saturated heterocycles. The summed E-state index contributed by atoms with van der Waals surface area (Å²) in [7, 11) is 0. The van der Waals surface area contributed by atoms with Gasteiger partial charge in [0, 0.05) is 17.1 Å². The van der Waals surface area contributed by atoms with E-state index in [9.17, 15) is 0 Å². The molecular weight excluding hydrogens is 224 g/mol. The molecule has 0 spiro atoms. The maximum absolute atomic E-state index is 2.22. The van der Waals surface area contributed by atoms with Crippen molar-refractivity contribution in [2.45, 2.75) is 26.2 Å². The zero-order chi connectivity index (χ0) is 10.4. The molecule has 0 fully saturated rings. The van der Waals surface area contributed by atoms with Crippen LogP contribution in [0.3, 0.4) is 0 Å². The molecule has 0 atom stereocenters. The molecule has 1 heteroatoms. The van der Waals surface area contributed by atoms with Gasteiger partial charge in [-0.1, -0.05) is 26.2 Å². The first-order valence-electron chi connectivity index (χ1n) is 4.99. The topological polar surface area (TPSA) is 0 Å². The van der Waals surface area contributed by atoms with Crippen molar-refractivity contribution in [3.63, 3.8) is 0 Å². The zero-order valence-corrected chi connectivity index (χ0v) is 10.7. The van der Waals surface area contributed by atoms with Crippen LogP contribution in [0.5, 0.6) is 0 Å². The van der Waals surface area contributed by atoms with Crippen LogP contribution >= 0.6 is 0 Å². The molecule has 0 heterocycles. The molecule has 0 nitrogen and oxygen atoms in total. The van der Waals surface area contributed by atoms with Crippen molar-refractivity contribution >= 4 is 0 Å². The van der Waals surface area contributed by atoms with Crippen LogP contribution in [0.15, 0.2) is 54.6 Å². The molecule has 88 valence electrons. The van der Waals surface area contributed by atoms with Gasteiger partial charge >= 0.3 is 0 Å². The predicted molar refractivity (Wildman–Crippen MR) is 62.8 cm³/mol. The third-order valence-electron chi connectivity index (χ3n) is 2.08. The summed E-state index contributed by atoms with van der Waals surface area (Å²) in [6.07, 6.45) is 0. The largest absolute Gasteiger partial charge is 0.748 e. The molecule has 0 N–H and O–H groups in total. The molecule has 0 aliphatic rings.